The van der Waals surface area contributed by atoms with Gasteiger partial charge in [0.2, 0.25) is 5.28 Å². The summed E-state index contributed by atoms with van der Waals surface area (Å²) in [5.41, 5.74) is 0.667. The standard InChI is InChI=1S/C6H2BrCl2N3.BrH/c7-3-4(8)11-6(9)12-2-1-10-5(3)12;/h1-2H;1H. The summed E-state index contributed by atoms with van der Waals surface area (Å²) >= 11 is 14.8. The van der Waals surface area contributed by atoms with Gasteiger partial charge in [0.15, 0.2) is 5.65 Å². The molecule has 0 amide bonds. The van der Waals surface area contributed by atoms with Crippen LogP contribution in [-0.4, -0.2) is 14.4 Å². The Morgan fingerprint density at radius 2 is 2.08 bits per heavy atom. The third-order valence-corrected chi connectivity index (χ3v) is 2.91. The van der Waals surface area contributed by atoms with Gasteiger partial charge in [-0.3, -0.25) is 4.40 Å². The quantitative estimate of drug-likeness (QED) is 0.540. The van der Waals surface area contributed by atoms with Crippen LogP contribution in [0.3, 0.4) is 0 Å². The Kier molecular flexibility index (Phi) is 3.57. The van der Waals surface area contributed by atoms with Crippen molar-refractivity contribution in [3.8, 4) is 0 Å². The molecular weight excluding hydrogens is 345 g/mol. The van der Waals surface area contributed by atoms with E-state index in [1.165, 1.54) is 0 Å². The SMILES string of the molecule is Br.Clc1nc(Cl)n2ccnc2c1Br. The molecule has 0 N–H and O–H groups in total. The lowest BCUT2D eigenvalue weighted by Gasteiger charge is -1.99. The van der Waals surface area contributed by atoms with Crippen LogP contribution in [-0.2, 0) is 0 Å². The summed E-state index contributed by atoms with van der Waals surface area (Å²) in [5, 5.41) is 0.620. The summed E-state index contributed by atoms with van der Waals surface area (Å²) in [6.07, 6.45) is 3.34. The highest BCUT2D eigenvalue weighted by molar-refractivity contribution is 9.10. The minimum absolute atomic E-state index is 0. The number of fused-ring (bicyclic) bond motifs is 1. The van der Waals surface area contributed by atoms with Crippen molar-refractivity contribution in [2.45, 2.75) is 0 Å². The van der Waals surface area contributed by atoms with E-state index in [2.05, 4.69) is 25.9 Å². The first kappa shape index (κ1) is 11.2. The van der Waals surface area contributed by atoms with Crippen molar-refractivity contribution < 1.29 is 0 Å². The van der Waals surface area contributed by atoms with Gasteiger partial charge < -0.3 is 0 Å². The van der Waals surface area contributed by atoms with E-state index < -0.39 is 0 Å². The molecule has 0 bridgehead atoms. The normalized spacial score (nSPS) is 10.1. The van der Waals surface area contributed by atoms with E-state index >= 15 is 0 Å². The smallest absolute Gasteiger partial charge is 0.210 e. The van der Waals surface area contributed by atoms with Crippen molar-refractivity contribution in [2.24, 2.45) is 0 Å². The molecule has 2 aromatic heterocycles. The predicted octanol–water partition coefficient (Wildman–Crippen LogP) is 3.38. The van der Waals surface area contributed by atoms with Crippen LogP contribution in [0, 0.1) is 0 Å². The van der Waals surface area contributed by atoms with Crippen molar-refractivity contribution >= 4 is 61.8 Å². The number of rotatable bonds is 0. The van der Waals surface area contributed by atoms with E-state index in [0.717, 1.165) is 0 Å². The van der Waals surface area contributed by atoms with Gasteiger partial charge in [0.25, 0.3) is 0 Å². The molecule has 0 fully saturated rings. The van der Waals surface area contributed by atoms with Gasteiger partial charge >= 0.3 is 0 Å². The Labute approximate surface area is 103 Å². The van der Waals surface area contributed by atoms with Crippen LogP contribution in [0.15, 0.2) is 16.9 Å². The largest absolute Gasteiger partial charge is 0.273 e. The summed E-state index contributed by atoms with van der Waals surface area (Å²) in [5.74, 6) is 0. The molecule has 70 valence electrons. The van der Waals surface area contributed by atoms with Crippen LogP contribution in [0.1, 0.15) is 0 Å². The number of imidazole rings is 1. The zero-order valence-electron chi connectivity index (χ0n) is 6.04. The third kappa shape index (κ3) is 1.83. The molecule has 7 heteroatoms. The Morgan fingerprint density at radius 1 is 1.38 bits per heavy atom. The van der Waals surface area contributed by atoms with Crippen LogP contribution >= 0.6 is 56.1 Å². The zero-order chi connectivity index (χ0) is 8.72. The average Bonchev–Trinajstić information content (AvgIpc) is 2.48. The summed E-state index contributed by atoms with van der Waals surface area (Å²) in [6.45, 7) is 0. The summed E-state index contributed by atoms with van der Waals surface area (Å²) in [4.78, 5) is 7.93. The topological polar surface area (TPSA) is 30.2 Å². The Bertz CT molecular complexity index is 443. The van der Waals surface area contributed by atoms with Crippen LogP contribution in [0.4, 0.5) is 0 Å². The second-order valence-corrected chi connectivity index (χ2v) is 3.60. The van der Waals surface area contributed by atoms with E-state index in [1.54, 1.807) is 16.8 Å². The van der Waals surface area contributed by atoms with Gasteiger partial charge in [-0.15, -0.1) is 17.0 Å². The number of hydrogen-bond acceptors (Lipinski definition) is 2. The van der Waals surface area contributed by atoms with Gasteiger partial charge in [0.1, 0.15) is 5.15 Å². The second kappa shape index (κ2) is 4.13. The maximum atomic E-state index is 5.78. The Hall–Kier alpha value is 0.160. The first-order chi connectivity index (χ1) is 5.70. The van der Waals surface area contributed by atoms with Crippen LogP contribution in [0.25, 0.3) is 5.65 Å². The van der Waals surface area contributed by atoms with Crippen molar-refractivity contribution in [3.63, 3.8) is 0 Å². The molecule has 0 saturated heterocycles. The van der Waals surface area contributed by atoms with Gasteiger partial charge in [-0.05, 0) is 27.5 Å². The van der Waals surface area contributed by atoms with Crippen LogP contribution < -0.4 is 0 Å². The molecule has 2 rings (SSSR count). The van der Waals surface area contributed by atoms with Crippen molar-refractivity contribution in [2.75, 3.05) is 0 Å². The van der Waals surface area contributed by atoms with E-state index in [1.807, 2.05) is 0 Å². The summed E-state index contributed by atoms with van der Waals surface area (Å²) < 4.78 is 2.29. The molecule has 0 aliphatic heterocycles. The maximum absolute atomic E-state index is 5.78. The zero-order valence-corrected chi connectivity index (χ0v) is 10.8. The van der Waals surface area contributed by atoms with E-state index in [4.69, 9.17) is 23.2 Å². The number of nitrogens with zero attached hydrogens (tertiary/aromatic N) is 3. The predicted molar refractivity (Wildman–Crippen MR) is 61.0 cm³/mol. The highest BCUT2D eigenvalue weighted by Gasteiger charge is 2.08. The van der Waals surface area contributed by atoms with E-state index in [9.17, 15) is 0 Å². The molecule has 0 saturated carbocycles. The molecule has 0 radical (unpaired) electrons. The number of aromatic nitrogens is 3. The average molecular weight is 348 g/mol. The highest BCUT2D eigenvalue weighted by atomic mass is 79.9. The molecule has 2 aromatic rings. The van der Waals surface area contributed by atoms with Gasteiger partial charge in [-0.25, -0.2) is 9.97 Å². The number of halogens is 4. The first-order valence-corrected chi connectivity index (χ1v) is 4.58. The molecule has 3 nitrogen and oxygen atoms in total. The second-order valence-electron chi connectivity index (χ2n) is 2.11. The highest BCUT2D eigenvalue weighted by Crippen LogP contribution is 2.26. The first-order valence-electron chi connectivity index (χ1n) is 3.03. The lowest BCUT2D eigenvalue weighted by atomic mass is 10.6. The van der Waals surface area contributed by atoms with Gasteiger partial charge in [0.05, 0.1) is 4.47 Å². The van der Waals surface area contributed by atoms with Crippen LogP contribution in [0.2, 0.25) is 10.4 Å². The fourth-order valence-electron chi connectivity index (χ4n) is 0.891. The van der Waals surface area contributed by atoms with Crippen molar-refractivity contribution in [1.29, 1.82) is 0 Å². The van der Waals surface area contributed by atoms with Gasteiger partial charge in [-0.1, -0.05) is 11.6 Å². The Morgan fingerprint density at radius 3 is 2.77 bits per heavy atom. The molecule has 0 spiro atoms. The fourth-order valence-corrected chi connectivity index (χ4v) is 1.70. The van der Waals surface area contributed by atoms with Gasteiger partial charge in [-0.2, -0.15) is 0 Å². The number of hydrogen-bond donors (Lipinski definition) is 0. The fraction of sp³-hybridized carbons (Fsp3) is 0. The van der Waals surface area contributed by atoms with Crippen molar-refractivity contribution in [3.05, 3.63) is 27.3 Å². The summed E-state index contributed by atoms with van der Waals surface area (Å²) in [6, 6.07) is 0. The van der Waals surface area contributed by atoms with Gasteiger partial charge in [0, 0.05) is 12.4 Å². The third-order valence-electron chi connectivity index (χ3n) is 1.41. The monoisotopic (exact) mass is 345 g/mol. The lowest BCUT2D eigenvalue weighted by molar-refractivity contribution is 1.08. The van der Waals surface area contributed by atoms with Crippen LogP contribution in [0.5, 0.6) is 0 Å². The minimum atomic E-state index is 0. The molecule has 13 heavy (non-hydrogen) atoms. The molecule has 0 aliphatic carbocycles. The van der Waals surface area contributed by atoms with Crippen molar-refractivity contribution in [1.82, 2.24) is 14.4 Å². The minimum Gasteiger partial charge on any atom is -0.273 e. The molecular formula is C6H3Br2Cl2N3. The Balaban J connectivity index is 0.000000845. The molecule has 0 atom stereocenters. The molecule has 0 aliphatic rings. The lowest BCUT2D eigenvalue weighted by Crippen LogP contribution is -1.91. The molecule has 0 unspecified atom stereocenters. The molecule has 0 aromatic carbocycles. The van der Waals surface area contributed by atoms with E-state index in [0.29, 0.717) is 20.6 Å². The van der Waals surface area contributed by atoms with E-state index in [-0.39, 0.29) is 17.0 Å². The maximum Gasteiger partial charge on any atom is 0.210 e. The summed E-state index contributed by atoms with van der Waals surface area (Å²) in [7, 11) is 0. The molecule has 2 heterocycles.